The van der Waals surface area contributed by atoms with E-state index in [1.54, 1.807) is 0 Å². The van der Waals surface area contributed by atoms with E-state index in [9.17, 15) is 8.78 Å². The molecule has 0 aliphatic carbocycles. The maximum atomic E-state index is 12.1. The smallest absolute Gasteiger partial charge is 0.345 e. The largest absolute Gasteiger partial charge is 0.376 e. The Morgan fingerprint density at radius 3 is 2.47 bits per heavy atom. The van der Waals surface area contributed by atoms with Gasteiger partial charge in [0.15, 0.2) is 0 Å². The minimum absolute atomic E-state index is 0.157. The zero-order chi connectivity index (χ0) is 13.5. The first kappa shape index (κ1) is 15.1. The molecule has 0 aromatic rings. The van der Waals surface area contributed by atoms with Crippen molar-refractivity contribution in [3.63, 3.8) is 0 Å². The molecule has 19 heavy (non-hydrogen) atoms. The van der Waals surface area contributed by atoms with Crippen LogP contribution in [0.5, 0.6) is 0 Å². The molecule has 0 amide bonds. The molecule has 2 atom stereocenters. The SMILES string of the molecule is FC(F)O[C@@H]1COC[C@H]1OCCOC1CCNCC1. The first-order chi connectivity index (χ1) is 9.25. The molecule has 0 bridgehead atoms. The van der Waals surface area contributed by atoms with Crippen molar-refractivity contribution in [2.45, 2.75) is 37.8 Å². The zero-order valence-electron chi connectivity index (χ0n) is 10.9. The summed E-state index contributed by atoms with van der Waals surface area (Å²) >= 11 is 0. The standard InChI is InChI=1S/C12H21F2NO4/c13-12(14)19-11-8-16-7-10(11)18-6-5-17-9-1-3-15-4-2-9/h9-12,15H,1-8H2/t10-,11-/m1/s1. The predicted molar refractivity (Wildman–Crippen MR) is 63.3 cm³/mol. The van der Waals surface area contributed by atoms with Crippen LogP contribution in [0.4, 0.5) is 8.78 Å². The molecular formula is C12H21F2NO4. The van der Waals surface area contributed by atoms with Gasteiger partial charge in [-0.15, -0.1) is 0 Å². The van der Waals surface area contributed by atoms with Crippen LogP contribution in [0, 0.1) is 0 Å². The number of ether oxygens (including phenoxy) is 4. The van der Waals surface area contributed by atoms with E-state index >= 15 is 0 Å². The van der Waals surface area contributed by atoms with Crippen molar-refractivity contribution in [2.24, 2.45) is 0 Å². The number of nitrogens with one attached hydrogen (secondary N) is 1. The second-order valence-electron chi connectivity index (χ2n) is 4.70. The van der Waals surface area contributed by atoms with Crippen LogP contribution in [0.1, 0.15) is 12.8 Å². The van der Waals surface area contributed by atoms with E-state index in [4.69, 9.17) is 14.2 Å². The number of hydrogen-bond donors (Lipinski definition) is 1. The number of hydrogen-bond acceptors (Lipinski definition) is 5. The van der Waals surface area contributed by atoms with Gasteiger partial charge in [0.2, 0.25) is 0 Å². The van der Waals surface area contributed by atoms with Crippen LogP contribution in [-0.4, -0.2) is 64.4 Å². The molecule has 0 aromatic carbocycles. The normalized spacial score (nSPS) is 29.2. The predicted octanol–water partition coefficient (Wildman–Crippen LogP) is 0.778. The Bertz CT molecular complexity index is 252. The summed E-state index contributed by atoms with van der Waals surface area (Å²) in [6.45, 7) is 0.473. The van der Waals surface area contributed by atoms with Gasteiger partial charge in [-0.05, 0) is 25.9 Å². The van der Waals surface area contributed by atoms with Gasteiger partial charge in [-0.25, -0.2) is 0 Å². The van der Waals surface area contributed by atoms with E-state index in [1.165, 1.54) is 0 Å². The number of rotatable bonds is 7. The molecule has 2 saturated heterocycles. The zero-order valence-corrected chi connectivity index (χ0v) is 10.9. The van der Waals surface area contributed by atoms with Gasteiger partial charge in [-0.3, -0.25) is 0 Å². The molecular weight excluding hydrogens is 260 g/mol. The Kier molecular flexibility index (Phi) is 6.39. The molecule has 2 fully saturated rings. The highest BCUT2D eigenvalue weighted by molar-refractivity contribution is 4.76. The maximum Gasteiger partial charge on any atom is 0.345 e. The Balaban J connectivity index is 1.56. The lowest BCUT2D eigenvalue weighted by Crippen LogP contribution is -2.34. The van der Waals surface area contributed by atoms with E-state index in [0.29, 0.717) is 19.8 Å². The highest BCUT2D eigenvalue weighted by atomic mass is 19.3. The summed E-state index contributed by atoms with van der Waals surface area (Å²) in [5.41, 5.74) is 0. The van der Waals surface area contributed by atoms with Gasteiger partial charge in [0.1, 0.15) is 12.2 Å². The first-order valence-electron chi connectivity index (χ1n) is 6.71. The molecule has 0 saturated carbocycles. The van der Waals surface area contributed by atoms with Gasteiger partial charge in [0.05, 0.1) is 32.5 Å². The summed E-state index contributed by atoms with van der Waals surface area (Å²) in [7, 11) is 0. The second kappa shape index (κ2) is 8.06. The van der Waals surface area contributed by atoms with Crippen molar-refractivity contribution in [3.8, 4) is 0 Å². The van der Waals surface area contributed by atoms with Gasteiger partial charge >= 0.3 is 6.61 Å². The van der Waals surface area contributed by atoms with Crippen LogP contribution >= 0.6 is 0 Å². The third-order valence-corrected chi connectivity index (χ3v) is 3.31. The van der Waals surface area contributed by atoms with Crippen LogP contribution in [0.2, 0.25) is 0 Å². The average Bonchev–Trinajstić information content (AvgIpc) is 2.82. The van der Waals surface area contributed by atoms with Crippen LogP contribution in [-0.2, 0) is 18.9 Å². The van der Waals surface area contributed by atoms with Crippen LogP contribution in [0.15, 0.2) is 0 Å². The molecule has 5 nitrogen and oxygen atoms in total. The van der Waals surface area contributed by atoms with Crippen LogP contribution in [0.25, 0.3) is 0 Å². The molecule has 1 N–H and O–H groups in total. The molecule has 2 rings (SSSR count). The second-order valence-corrected chi connectivity index (χ2v) is 4.70. The van der Waals surface area contributed by atoms with E-state index < -0.39 is 18.8 Å². The van der Waals surface area contributed by atoms with Crippen molar-refractivity contribution in [2.75, 3.05) is 39.5 Å². The molecule has 2 aliphatic rings. The molecule has 0 radical (unpaired) electrons. The van der Waals surface area contributed by atoms with Gasteiger partial charge in [0, 0.05) is 0 Å². The van der Waals surface area contributed by atoms with Crippen molar-refractivity contribution in [3.05, 3.63) is 0 Å². The lowest BCUT2D eigenvalue weighted by Gasteiger charge is -2.23. The van der Waals surface area contributed by atoms with Crippen LogP contribution in [0.3, 0.4) is 0 Å². The van der Waals surface area contributed by atoms with Crippen molar-refractivity contribution >= 4 is 0 Å². The topological polar surface area (TPSA) is 49.0 Å². The van der Waals surface area contributed by atoms with Gasteiger partial charge < -0.3 is 24.3 Å². The number of halogens is 2. The minimum Gasteiger partial charge on any atom is -0.376 e. The van der Waals surface area contributed by atoms with Crippen molar-refractivity contribution in [1.29, 1.82) is 0 Å². The Labute approximate surface area is 111 Å². The first-order valence-corrected chi connectivity index (χ1v) is 6.71. The quantitative estimate of drug-likeness (QED) is 0.699. The summed E-state index contributed by atoms with van der Waals surface area (Å²) in [5, 5.41) is 3.26. The highest BCUT2D eigenvalue weighted by Gasteiger charge is 2.32. The number of piperidine rings is 1. The third-order valence-electron chi connectivity index (χ3n) is 3.31. The summed E-state index contributed by atoms with van der Waals surface area (Å²) in [6.07, 6.45) is 1.18. The molecule has 0 spiro atoms. The molecule has 2 heterocycles. The molecule has 7 heteroatoms. The highest BCUT2D eigenvalue weighted by Crippen LogP contribution is 2.16. The Morgan fingerprint density at radius 1 is 1.05 bits per heavy atom. The van der Waals surface area contributed by atoms with Gasteiger partial charge in [0.25, 0.3) is 0 Å². The van der Waals surface area contributed by atoms with Crippen molar-refractivity contribution in [1.82, 2.24) is 5.32 Å². The van der Waals surface area contributed by atoms with Gasteiger partial charge in [-0.2, -0.15) is 8.78 Å². The van der Waals surface area contributed by atoms with Crippen molar-refractivity contribution < 1.29 is 27.7 Å². The van der Waals surface area contributed by atoms with E-state index in [1.807, 2.05) is 0 Å². The number of alkyl halides is 2. The maximum absolute atomic E-state index is 12.1. The third kappa shape index (κ3) is 5.27. The van der Waals surface area contributed by atoms with Crippen LogP contribution < -0.4 is 5.32 Å². The molecule has 112 valence electrons. The fourth-order valence-electron chi connectivity index (χ4n) is 2.31. The van der Waals surface area contributed by atoms with Gasteiger partial charge in [-0.1, -0.05) is 0 Å². The molecule has 0 unspecified atom stereocenters. The fraction of sp³-hybridized carbons (Fsp3) is 1.00. The minimum atomic E-state index is -2.79. The monoisotopic (exact) mass is 281 g/mol. The lowest BCUT2D eigenvalue weighted by molar-refractivity contribution is -0.185. The van der Waals surface area contributed by atoms with E-state index in [0.717, 1.165) is 25.9 Å². The Morgan fingerprint density at radius 2 is 1.74 bits per heavy atom. The summed E-state index contributed by atoms with van der Waals surface area (Å²) in [6, 6.07) is 0. The summed E-state index contributed by atoms with van der Waals surface area (Å²) < 4.78 is 44.9. The molecule has 0 aromatic heterocycles. The summed E-state index contributed by atoms with van der Waals surface area (Å²) in [4.78, 5) is 0. The van der Waals surface area contributed by atoms with E-state index in [-0.39, 0.29) is 12.7 Å². The Hall–Kier alpha value is -0.340. The van der Waals surface area contributed by atoms with E-state index in [2.05, 4.69) is 10.1 Å². The average molecular weight is 281 g/mol. The summed E-state index contributed by atoms with van der Waals surface area (Å²) in [5.74, 6) is 0. The fourth-order valence-corrected chi connectivity index (χ4v) is 2.31. The molecule has 2 aliphatic heterocycles. The lowest BCUT2D eigenvalue weighted by atomic mass is 10.1.